The maximum absolute atomic E-state index is 13.3. The Kier molecular flexibility index (Phi) is 5.87. The number of amides is 1. The fraction of sp³-hybridized carbons (Fsp3) is 0.286. The summed E-state index contributed by atoms with van der Waals surface area (Å²) in [6, 6.07) is 8.23. The number of aliphatic hydroxyl groups is 1. The highest BCUT2D eigenvalue weighted by molar-refractivity contribution is 7.90. The van der Waals surface area contributed by atoms with Crippen molar-refractivity contribution in [1.82, 2.24) is 5.32 Å². The van der Waals surface area contributed by atoms with Crippen LogP contribution >= 0.6 is 0 Å². The largest absolute Gasteiger partial charge is 0.491 e. The fourth-order valence-electron chi connectivity index (χ4n) is 3.07. The van der Waals surface area contributed by atoms with Crippen LogP contribution in [-0.2, 0) is 9.84 Å². The number of hydrogen-bond acceptors (Lipinski definition) is 6. The second-order valence-corrected chi connectivity index (χ2v) is 9.23. The summed E-state index contributed by atoms with van der Waals surface area (Å²) in [6.07, 6.45) is 0.586. The number of aliphatic hydroxyl groups excluding tert-OH is 1. The number of hydrogen-bond donors (Lipinski definition) is 2. The van der Waals surface area contributed by atoms with Crippen LogP contribution in [-0.4, -0.2) is 38.8 Å². The Morgan fingerprint density at radius 1 is 1.20 bits per heavy atom. The SMILES string of the molecule is CNC(=O)c1c(-c2ccc(F)cc2)oc2cc(C(O)S(C)(=O)=O)c(OC(C)C)cc12. The normalized spacial score (nSPS) is 12.9. The van der Waals surface area contributed by atoms with E-state index in [2.05, 4.69) is 5.32 Å². The summed E-state index contributed by atoms with van der Waals surface area (Å²) in [6.45, 7) is 3.50. The van der Waals surface area contributed by atoms with Crippen molar-refractivity contribution in [2.75, 3.05) is 13.3 Å². The van der Waals surface area contributed by atoms with Crippen LogP contribution in [0.1, 0.15) is 35.2 Å². The molecule has 3 aromatic rings. The van der Waals surface area contributed by atoms with Crippen LogP contribution < -0.4 is 10.1 Å². The lowest BCUT2D eigenvalue weighted by molar-refractivity contribution is 0.0964. The first-order valence-electron chi connectivity index (χ1n) is 9.15. The highest BCUT2D eigenvalue weighted by Gasteiger charge is 2.28. The first-order valence-corrected chi connectivity index (χ1v) is 11.1. The molecule has 160 valence electrons. The molecule has 2 aromatic carbocycles. The average Bonchev–Trinajstić information content (AvgIpc) is 3.03. The van der Waals surface area contributed by atoms with Crippen LogP contribution in [0.4, 0.5) is 4.39 Å². The zero-order valence-corrected chi connectivity index (χ0v) is 17.7. The van der Waals surface area contributed by atoms with Crippen molar-refractivity contribution in [2.45, 2.75) is 25.4 Å². The number of nitrogens with one attached hydrogen (secondary N) is 1. The summed E-state index contributed by atoms with van der Waals surface area (Å²) in [5.74, 6) is -0.583. The van der Waals surface area contributed by atoms with Gasteiger partial charge in [0.15, 0.2) is 15.3 Å². The number of benzene rings is 2. The van der Waals surface area contributed by atoms with Gasteiger partial charge in [0.25, 0.3) is 5.91 Å². The van der Waals surface area contributed by atoms with E-state index in [1.165, 1.54) is 43.4 Å². The van der Waals surface area contributed by atoms with Gasteiger partial charge in [0, 0.05) is 29.8 Å². The van der Waals surface area contributed by atoms with Crippen molar-refractivity contribution in [3.8, 4) is 17.1 Å². The smallest absolute Gasteiger partial charge is 0.255 e. The molecule has 7 nitrogen and oxygen atoms in total. The molecule has 9 heteroatoms. The number of halogens is 1. The molecule has 0 saturated heterocycles. The van der Waals surface area contributed by atoms with E-state index in [0.717, 1.165) is 6.26 Å². The molecule has 1 atom stereocenters. The number of rotatable bonds is 6. The predicted molar refractivity (Wildman–Crippen MR) is 111 cm³/mol. The van der Waals surface area contributed by atoms with E-state index in [9.17, 15) is 22.7 Å². The van der Waals surface area contributed by atoms with Crippen molar-refractivity contribution in [3.63, 3.8) is 0 Å². The fourth-order valence-corrected chi connectivity index (χ4v) is 3.72. The Morgan fingerprint density at radius 2 is 1.83 bits per heavy atom. The van der Waals surface area contributed by atoms with Crippen molar-refractivity contribution in [2.24, 2.45) is 0 Å². The minimum Gasteiger partial charge on any atom is -0.491 e. The van der Waals surface area contributed by atoms with Gasteiger partial charge in [-0.2, -0.15) is 0 Å². The number of carbonyl (C=O) groups is 1. The van der Waals surface area contributed by atoms with Crippen molar-refractivity contribution in [1.29, 1.82) is 0 Å². The molecular weight excluding hydrogens is 413 g/mol. The highest BCUT2D eigenvalue weighted by Crippen LogP contribution is 2.40. The van der Waals surface area contributed by atoms with Gasteiger partial charge in [0.05, 0.1) is 11.7 Å². The summed E-state index contributed by atoms with van der Waals surface area (Å²) >= 11 is 0. The standard InChI is InChI=1S/C21H22FNO6S/c1-11(2)28-17-9-14-16(10-15(17)21(25)30(4,26)27)29-19(18(14)20(24)23-3)12-5-7-13(22)8-6-12/h5-11,21,25H,1-4H3,(H,23,24). The van der Waals surface area contributed by atoms with Gasteiger partial charge in [-0.1, -0.05) is 0 Å². The lowest BCUT2D eigenvalue weighted by Crippen LogP contribution is -2.18. The molecule has 30 heavy (non-hydrogen) atoms. The van der Waals surface area contributed by atoms with Crippen molar-refractivity contribution < 1.29 is 31.9 Å². The third-order valence-electron chi connectivity index (χ3n) is 4.42. The van der Waals surface area contributed by atoms with Crippen molar-refractivity contribution >= 4 is 26.7 Å². The maximum atomic E-state index is 13.3. The van der Waals surface area contributed by atoms with E-state index in [1.54, 1.807) is 13.8 Å². The topological polar surface area (TPSA) is 106 Å². The molecule has 0 aliphatic heterocycles. The van der Waals surface area contributed by atoms with E-state index in [1.807, 2.05) is 0 Å². The van der Waals surface area contributed by atoms with E-state index < -0.39 is 27.0 Å². The number of carbonyl (C=O) groups excluding carboxylic acids is 1. The lowest BCUT2D eigenvalue weighted by atomic mass is 10.0. The van der Waals surface area contributed by atoms with E-state index in [4.69, 9.17) is 9.15 Å². The van der Waals surface area contributed by atoms with Gasteiger partial charge in [-0.25, -0.2) is 12.8 Å². The Morgan fingerprint density at radius 3 is 2.37 bits per heavy atom. The molecule has 3 rings (SSSR count). The van der Waals surface area contributed by atoms with E-state index in [0.29, 0.717) is 10.9 Å². The van der Waals surface area contributed by atoms with Gasteiger partial charge in [-0.15, -0.1) is 0 Å². The molecule has 1 unspecified atom stereocenters. The quantitative estimate of drug-likeness (QED) is 0.615. The molecule has 1 aromatic heterocycles. The Bertz CT molecular complexity index is 1200. The third-order valence-corrected chi connectivity index (χ3v) is 5.48. The summed E-state index contributed by atoms with van der Waals surface area (Å²) in [4.78, 5) is 12.6. The molecule has 2 N–H and O–H groups in total. The van der Waals surface area contributed by atoms with Gasteiger partial charge in [-0.3, -0.25) is 4.79 Å². The van der Waals surface area contributed by atoms with Crippen LogP contribution in [0.2, 0.25) is 0 Å². The number of fused-ring (bicyclic) bond motifs is 1. The summed E-state index contributed by atoms with van der Waals surface area (Å²) in [7, 11) is -2.39. The summed E-state index contributed by atoms with van der Waals surface area (Å²) in [5, 5.41) is 13.3. The molecule has 0 spiro atoms. The van der Waals surface area contributed by atoms with Crippen LogP contribution in [0.5, 0.6) is 5.75 Å². The zero-order valence-electron chi connectivity index (χ0n) is 16.9. The number of furan rings is 1. The molecule has 1 heterocycles. The maximum Gasteiger partial charge on any atom is 0.255 e. The van der Waals surface area contributed by atoms with Crippen LogP contribution in [0.3, 0.4) is 0 Å². The Labute approximate surface area is 173 Å². The van der Waals surface area contributed by atoms with Gasteiger partial charge in [0.1, 0.15) is 22.9 Å². The summed E-state index contributed by atoms with van der Waals surface area (Å²) < 4.78 is 48.8. The van der Waals surface area contributed by atoms with Gasteiger partial charge < -0.3 is 19.6 Å². The predicted octanol–water partition coefficient (Wildman–Crippen LogP) is 3.42. The first-order chi connectivity index (χ1) is 14.0. The second kappa shape index (κ2) is 8.08. The lowest BCUT2D eigenvalue weighted by Gasteiger charge is -2.17. The number of sulfone groups is 1. The van der Waals surface area contributed by atoms with Crippen LogP contribution in [0.25, 0.3) is 22.3 Å². The molecule has 0 radical (unpaired) electrons. The molecule has 0 aliphatic rings. The highest BCUT2D eigenvalue weighted by atomic mass is 32.2. The second-order valence-electron chi connectivity index (χ2n) is 7.13. The molecule has 0 bridgehead atoms. The van der Waals surface area contributed by atoms with Crippen LogP contribution in [0, 0.1) is 5.82 Å². The average molecular weight is 435 g/mol. The van der Waals surface area contributed by atoms with E-state index in [-0.39, 0.29) is 34.3 Å². The van der Waals surface area contributed by atoms with Gasteiger partial charge in [0.2, 0.25) is 0 Å². The van der Waals surface area contributed by atoms with Crippen molar-refractivity contribution in [3.05, 3.63) is 53.3 Å². The zero-order chi connectivity index (χ0) is 22.2. The minimum atomic E-state index is -3.85. The molecule has 0 fully saturated rings. The Hall–Kier alpha value is -2.91. The van der Waals surface area contributed by atoms with E-state index >= 15 is 0 Å². The minimum absolute atomic E-state index is 0.00145. The molecular formula is C21H22FNO6S. The van der Waals surface area contributed by atoms with Gasteiger partial charge in [-0.05, 0) is 50.2 Å². The van der Waals surface area contributed by atoms with Crippen LogP contribution in [0.15, 0.2) is 40.8 Å². The molecule has 0 aliphatic carbocycles. The molecule has 0 saturated carbocycles. The summed E-state index contributed by atoms with van der Waals surface area (Å²) in [5.41, 5.74) is -1.00. The first kappa shape index (κ1) is 21.8. The van der Waals surface area contributed by atoms with Gasteiger partial charge >= 0.3 is 0 Å². The monoisotopic (exact) mass is 435 g/mol. The number of ether oxygens (including phenoxy) is 1. The molecule has 1 amide bonds. The Balaban J connectivity index is 2.34. The third kappa shape index (κ3) is 4.17.